The van der Waals surface area contributed by atoms with E-state index in [1.54, 1.807) is 27.7 Å². The highest BCUT2D eigenvalue weighted by molar-refractivity contribution is 7.57. The number of halogens is 17. The lowest BCUT2D eigenvalue weighted by atomic mass is 9.90. The Kier molecular flexibility index (Phi) is 11.3. The second-order valence-corrected chi connectivity index (χ2v) is 11.7. The summed E-state index contributed by atoms with van der Waals surface area (Å²) in [6.45, 7) is 5.60. The summed E-state index contributed by atoms with van der Waals surface area (Å²) in [6.07, 6.45) is -14.0. The van der Waals surface area contributed by atoms with Crippen LogP contribution in [-0.4, -0.2) is 72.9 Å². The van der Waals surface area contributed by atoms with Crippen molar-refractivity contribution in [3.05, 3.63) is 0 Å². The standard InChI is InChI=1S/C19H24F17OP/c1-10(2)8-38(9-11(3)4)7-5-6-37-19(35,36)17(30,31)15(26,27)13(22,23)12(20,21)14(24,25)16(28,29)18(32,33)34/h10-11H,5-9H2,1-4H3. The van der Waals surface area contributed by atoms with E-state index in [4.69, 9.17) is 0 Å². The van der Waals surface area contributed by atoms with Crippen LogP contribution >= 0.6 is 7.92 Å². The fourth-order valence-electron chi connectivity index (χ4n) is 3.02. The lowest BCUT2D eigenvalue weighted by Crippen LogP contribution is -2.74. The highest BCUT2D eigenvalue weighted by Gasteiger charge is 2.95. The molecule has 0 spiro atoms. The van der Waals surface area contributed by atoms with Crippen molar-refractivity contribution in [1.82, 2.24) is 0 Å². The minimum Gasteiger partial charge on any atom is -0.315 e. The van der Waals surface area contributed by atoms with Crippen molar-refractivity contribution < 1.29 is 79.4 Å². The van der Waals surface area contributed by atoms with E-state index < -0.39 is 68.8 Å². The molecule has 0 rings (SSSR count). The maximum Gasteiger partial charge on any atom is 0.460 e. The molecule has 1 nitrogen and oxygen atoms in total. The molecule has 0 unspecified atom stereocenters. The molecule has 230 valence electrons. The largest absolute Gasteiger partial charge is 0.460 e. The van der Waals surface area contributed by atoms with Gasteiger partial charge in [0.15, 0.2) is 0 Å². The minimum atomic E-state index is -8.63. The molecular weight excluding hydrogens is 598 g/mol. The van der Waals surface area contributed by atoms with Crippen LogP contribution in [0.2, 0.25) is 0 Å². The fraction of sp³-hybridized carbons (Fsp3) is 1.00. The highest BCUT2D eigenvalue weighted by atomic mass is 31.1. The smallest absolute Gasteiger partial charge is 0.315 e. The summed E-state index contributed by atoms with van der Waals surface area (Å²) in [5.41, 5.74) is 0. The Balaban J connectivity index is 6.01. The number of alkyl halides is 17. The third-order valence-corrected chi connectivity index (χ3v) is 8.28. The van der Waals surface area contributed by atoms with Gasteiger partial charge in [-0.15, -0.1) is 7.92 Å². The van der Waals surface area contributed by atoms with E-state index in [0.29, 0.717) is 12.3 Å². The maximum absolute atomic E-state index is 13.8. The summed E-state index contributed by atoms with van der Waals surface area (Å²) in [5, 5.41) is 0. The van der Waals surface area contributed by atoms with Crippen molar-refractivity contribution in [2.24, 2.45) is 11.8 Å². The lowest BCUT2D eigenvalue weighted by molar-refractivity contribution is -0.477. The molecule has 0 aromatic carbocycles. The molecule has 0 amide bonds. The van der Waals surface area contributed by atoms with Gasteiger partial charge in [-0.1, -0.05) is 27.7 Å². The first kappa shape index (κ1) is 37.2. The Morgan fingerprint density at radius 2 is 0.816 bits per heavy atom. The normalized spacial score (nSPS) is 15.8. The van der Waals surface area contributed by atoms with E-state index >= 15 is 0 Å². The third kappa shape index (κ3) is 6.73. The summed E-state index contributed by atoms with van der Waals surface area (Å²) in [7, 11) is -0.932. The maximum atomic E-state index is 13.8. The number of hydrogen-bond donors (Lipinski definition) is 0. The molecule has 0 bridgehead atoms. The van der Waals surface area contributed by atoms with E-state index in [-0.39, 0.29) is 18.0 Å². The summed E-state index contributed by atoms with van der Waals surface area (Å²) in [4.78, 5) is 0. The van der Waals surface area contributed by atoms with Crippen molar-refractivity contribution in [2.45, 2.75) is 81.9 Å². The van der Waals surface area contributed by atoms with Crippen LogP contribution in [0.1, 0.15) is 34.1 Å². The number of ether oxygens (including phenoxy) is 1. The zero-order chi connectivity index (χ0) is 31.0. The van der Waals surface area contributed by atoms with Gasteiger partial charge in [-0.3, -0.25) is 0 Å². The molecule has 38 heavy (non-hydrogen) atoms. The average Bonchev–Trinajstić information content (AvgIpc) is 2.68. The molecule has 0 aliphatic heterocycles. The quantitative estimate of drug-likeness (QED) is 0.101. The molecule has 0 N–H and O–H groups in total. The predicted octanol–water partition coefficient (Wildman–Crippen LogP) is 9.15. The van der Waals surface area contributed by atoms with Crippen LogP contribution in [0.3, 0.4) is 0 Å². The molecule has 0 aliphatic rings. The van der Waals surface area contributed by atoms with Gasteiger partial charge in [0.05, 0.1) is 6.61 Å². The van der Waals surface area contributed by atoms with E-state index in [9.17, 15) is 74.6 Å². The lowest BCUT2D eigenvalue weighted by Gasteiger charge is -2.42. The van der Waals surface area contributed by atoms with E-state index in [1.165, 1.54) is 0 Å². The Hall–Kier alpha value is -0.800. The molecule has 0 saturated carbocycles. The summed E-state index contributed by atoms with van der Waals surface area (Å²) in [5.74, 6) is -49.8. The summed E-state index contributed by atoms with van der Waals surface area (Å²) in [6, 6.07) is 0. The van der Waals surface area contributed by atoms with Crippen molar-refractivity contribution in [3.8, 4) is 0 Å². The van der Waals surface area contributed by atoms with Gasteiger partial charge in [0.25, 0.3) is 0 Å². The fourth-order valence-corrected chi connectivity index (χ4v) is 6.17. The Labute approximate surface area is 207 Å². The van der Waals surface area contributed by atoms with Gasteiger partial charge in [0.2, 0.25) is 0 Å². The number of hydrogen-bond acceptors (Lipinski definition) is 1. The van der Waals surface area contributed by atoms with Gasteiger partial charge in [0, 0.05) is 0 Å². The van der Waals surface area contributed by atoms with Crippen LogP contribution in [-0.2, 0) is 4.74 Å². The molecule has 19 heteroatoms. The van der Waals surface area contributed by atoms with Crippen LogP contribution in [0, 0.1) is 11.8 Å². The Morgan fingerprint density at radius 1 is 0.500 bits per heavy atom. The molecular formula is C19H24F17OP. The van der Waals surface area contributed by atoms with Crippen molar-refractivity contribution >= 4 is 7.92 Å². The van der Waals surface area contributed by atoms with Crippen LogP contribution in [0.5, 0.6) is 0 Å². The molecule has 0 heterocycles. The first-order chi connectivity index (χ1) is 16.5. The molecule has 0 aromatic rings. The molecule has 0 aliphatic carbocycles. The van der Waals surface area contributed by atoms with Gasteiger partial charge in [-0.05, 0) is 36.7 Å². The Morgan fingerprint density at radius 3 is 1.13 bits per heavy atom. The predicted molar refractivity (Wildman–Crippen MR) is 102 cm³/mol. The van der Waals surface area contributed by atoms with Gasteiger partial charge in [0.1, 0.15) is 0 Å². The highest BCUT2D eigenvalue weighted by Crippen LogP contribution is 2.64. The van der Waals surface area contributed by atoms with Gasteiger partial charge in [-0.2, -0.15) is 74.6 Å². The van der Waals surface area contributed by atoms with Crippen LogP contribution in [0.4, 0.5) is 74.6 Å². The third-order valence-electron chi connectivity index (χ3n) is 4.84. The van der Waals surface area contributed by atoms with Crippen molar-refractivity contribution in [1.29, 1.82) is 0 Å². The second kappa shape index (κ2) is 11.6. The van der Waals surface area contributed by atoms with Crippen LogP contribution in [0.25, 0.3) is 0 Å². The second-order valence-electron chi connectivity index (χ2n) is 9.21. The topological polar surface area (TPSA) is 9.23 Å². The average molecular weight is 622 g/mol. The number of rotatable bonds is 15. The molecule has 0 radical (unpaired) electrons. The van der Waals surface area contributed by atoms with E-state index in [2.05, 4.69) is 4.74 Å². The van der Waals surface area contributed by atoms with Gasteiger partial charge >= 0.3 is 47.8 Å². The molecule has 0 aromatic heterocycles. The van der Waals surface area contributed by atoms with Gasteiger partial charge < -0.3 is 4.74 Å². The zero-order valence-electron chi connectivity index (χ0n) is 20.0. The molecule has 0 atom stereocenters. The SMILES string of the molecule is CC(C)CP(CCCOC(F)(F)C(F)(F)C(F)(F)C(F)(F)C(F)(F)C(F)(F)C(F)(F)C(F)(F)F)CC(C)C. The minimum absolute atomic E-state index is 0.0245. The van der Waals surface area contributed by atoms with Crippen molar-refractivity contribution in [2.75, 3.05) is 25.1 Å². The monoisotopic (exact) mass is 622 g/mol. The van der Waals surface area contributed by atoms with Crippen LogP contribution < -0.4 is 0 Å². The van der Waals surface area contributed by atoms with E-state index in [0.717, 1.165) is 0 Å². The van der Waals surface area contributed by atoms with Gasteiger partial charge in [-0.25, -0.2) is 0 Å². The van der Waals surface area contributed by atoms with Crippen molar-refractivity contribution in [3.63, 3.8) is 0 Å². The summed E-state index contributed by atoms with van der Waals surface area (Å²) < 4.78 is 228. The first-order valence-corrected chi connectivity index (χ1v) is 12.4. The van der Waals surface area contributed by atoms with Crippen LogP contribution in [0.15, 0.2) is 0 Å². The first-order valence-electron chi connectivity index (χ1n) is 10.5. The Bertz CT molecular complexity index is 751. The summed E-state index contributed by atoms with van der Waals surface area (Å²) >= 11 is 0. The molecule has 0 fully saturated rings. The zero-order valence-corrected chi connectivity index (χ0v) is 20.9. The molecule has 0 saturated heterocycles. The van der Waals surface area contributed by atoms with E-state index in [1.807, 2.05) is 0 Å².